The fourth-order valence-electron chi connectivity index (χ4n) is 3.24. The molecular formula is C19H15I4O2P. The molecule has 0 N–H and O–H groups in total. The van der Waals surface area contributed by atoms with E-state index in [-0.39, 0.29) is -0.824 Å². The molecule has 0 bridgehead atoms. The Morgan fingerprint density at radius 3 is 1.19 bits per heavy atom. The van der Waals surface area contributed by atoms with Crippen molar-refractivity contribution >= 4 is 90.5 Å². The van der Waals surface area contributed by atoms with Crippen LogP contribution in [0.2, 0.25) is 0 Å². The average molecular weight is 814 g/mol. The van der Waals surface area contributed by atoms with Crippen molar-refractivity contribution in [2.24, 2.45) is 0 Å². The first-order valence-electron chi connectivity index (χ1n) is 7.68. The molecule has 0 aliphatic rings. The second-order valence-electron chi connectivity index (χ2n) is 5.64. The van der Waals surface area contributed by atoms with Gasteiger partial charge in [-0.2, -0.15) is 0 Å². The summed E-state index contributed by atoms with van der Waals surface area (Å²) in [6, 6.07) is 30.9. The van der Waals surface area contributed by atoms with Crippen LogP contribution < -0.4 is 41.4 Å². The minimum absolute atomic E-state index is 0.382. The van der Waals surface area contributed by atoms with E-state index >= 15 is 0 Å². The molecule has 0 saturated heterocycles. The van der Waals surface area contributed by atoms with E-state index in [4.69, 9.17) is 2.85 Å². The predicted octanol–water partition coefficient (Wildman–Crippen LogP) is 1.64. The van der Waals surface area contributed by atoms with E-state index in [0.29, 0.717) is 0 Å². The van der Waals surface area contributed by atoms with E-state index < -0.39 is 28.9 Å². The molecule has 0 atom stereocenters. The maximum atomic E-state index is 12.2. The van der Waals surface area contributed by atoms with Crippen LogP contribution >= 0.6 is 74.6 Å². The number of rotatable bonds is 6. The fourth-order valence-corrected chi connectivity index (χ4v) is 23.4. The summed E-state index contributed by atoms with van der Waals surface area (Å²) in [6.07, 6.45) is 0. The van der Waals surface area contributed by atoms with Crippen molar-refractivity contribution in [2.45, 2.75) is -0.824 Å². The fraction of sp³-hybridized carbons (Fsp3) is 0.0526. The van der Waals surface area contributed by atoms with Gasteiger partial charge in [0.2, 0.25) is 0 Å². The Hall–Kier alpha value is 0.930. The molecule has 3 rings (SSSR count). The number of hydrogen-bond donors (Lipinski definition) is 0. The molecule has 0 aliphatic heterocycles. The number of alkyl halides is 3. The van der Waals surface area contributed by atoms with E-state index in [1.165, 1.54) is 0 Å². The normalized spacial score (nSPS) is 13.8. The SMILES string of the molecule is [O-][I+]OP(c1ccccc1)(c1ccccc1)(c1ccccc1)C(I)(I)I. The van der Waals surface area contributed by atoms with Crippen LogP contribution in [0, 0.1) is 0 Å². The van der Waals surface area contributed by atoms with Gasteiger partial charge in [0.25, 0.3) is 0 Å². The van der Waals surface area contributed by atoms with Gasteiger partial charge in [-0.25, -0.2) is 0 Å². The van der Waals surface area contributed by atoms with E-state index in [1.54, 1.807) is 0 Å². The Balaban J connectivity index is 2.60. The van der Waals surface area contributed by atoms with Crippen molar-refractivity contribution in [2.75, 3.05) is 0 Å². The Bertz CT molecular complexity index is 756. The molecule has 0 saturated carbocycles. The first-order valence-corrected chi connectivity index (χ1v) is 14.8. The monoisotopic (exact) mass is 814 g/mol. The Morgan fingerprint density at radius 2 is 0.962 bits per heavy atom. The quantitative estimate of drug-likeness (QED) is 0.216. The van der Waals surface area contributed by atoms with E-state index in [9.17, 15) is 3.44 Å². The molecular weight excluding hydrogens is 799 g/mol. The molecule has 0 spiro atoms. The molecule has 2 nitrogen and oxygen atoms in total. The molecule has 3 aromatic rings. The molecule has 0 fully saturated rings. The zero-order chi connectivity index (χ0) is 18.7. The van der Waals surface area contributed by atoms with Gasteiger partial charge in [0.05, 0.1) is 0 Å². The second-order valence-corrected chi connectivity index (χ2v) is 25.2. The van der Waals surface area contributed by atoms with Gasteiger partial charge in [-0.3, -0.25) is 0 Å². The molecule has 0 amide bonds. The Kier molecular flexibility index (Phi) is 7.28. The summed E-state index contributed by atoms with van der Waals surface area (Å²) in [5, 5.41) is 3.26. The molecule has 136 valence electrons. The van der Waals surface area contributed by atoms with Crippen molar-refractivity contribution in [1.29, 1.82) is 0 Å². The van der Waals surface area contributed by atoms with E-state index in [1.807, 2.05) is 54.6 Å². The van der Waals surface area contributed by atoms with Crippen LogP contribution in [0.1, 0.15) is 0 Å². The van der Waals surface area contributed by atoms with Gasteiger partial charge in [0.1, 0.15) is 0 Å². The Labute approximate surface area is 206 Å². The molecule has 0 unspecified atom stereocenters. The summed E-state index contributed by atoms with van der Waals surface area (Å²) >= 11 is 5.71. The molecule has 0 aliphatic carbocycles. The van der Waals surface area contributed by atoms with Crippen molar-refractivity contribution in [3.8, 4) is 0 Å². The average Bonchev–Trinajstić information content (AvgIpc) is 2.67. The van der Waals surface area contributed by atoms with Gasteiger partial charge in [-0.1, -0.05) is 0 Å². The Morgan fingerprint density at radius 1 is 0.654 bits per heavy atom. The standard InChI is InChI=1S/C19H15I4O2P/c20-19(21,22)26(25-23-24,16-10-4-1-5-11-16,17-12-6-2-7-13-17)18-14-8-3-9-15-18/h1-15H. The van der Waals surface area contributed by atoms with Crippen molar-refractivity contribution < 1.29 is 28.3 Å². The van der Waals surface area contributed by atoms with Crippen LogP contribution in [-0.2, 0) is 2.85 Å². The first-order chi connectivity index (χ1) is 12.5. The number of halogens is 4. The summed E-state index contributed by atoms with van der Waals surface area (Å²) in [5.74, 6) is 0. The summed E-state index contributed by atoms with van der Waals surface area (Å²) in [7, 11) is 0. The summed E-state index contributed by atoms with van der Waals surface area (Å²) < 4.78 is 18.4. The van der Waals surface area contributed by atoms with Crippen LogP contribution in [0.3, 0.4) is 0 Å². The zero-order valence-corrected chi connectivity index (χ0v) is 23.0. The van der Waals surface area contributed by atoms with E-state index in [2.05, 4.69) is 104 Å². The van der Waals surface area contributed by atoms with Crippen LogP contribution in [0.15, 0.2) is 91.0 Å². The van der Waals surface area contributed by atoms with Gasteiger partial charge >= 0.3 is 209 Å². The van der Waals surface area contributed by atoms with E-state index in [0.717, 1.165) is 15.9 Å². The van der Waals surface area contributed by atoms with Crippen LogP contribution in [0.4, 0.5) is 0 Å². The summed E-state index contributed by atoms with van der Waals surface area (Å²) in [4.78, 5) is 0. The van der Waals surface area contributed by atoms with Crippen molar-refractivity contribution in [3.05, 3.63) is 91.0 Å². The first kappa shape index (κ1) is 21.6. The zero-order valence-electron chi connectivity index (χ0n) is 13.4. The molecule has 7 heteroatoms. The molecule has 0 aromatic heterocycles. The van der Waals surface area contributed by atoms with Crippen LogP contribution in [-0.4, -0.2) is -0.824 Å². The molecule has 0 radical (unpaired) electrons. The van der Waals surface area contributed by atoms with Crippen LogP contribution in [0.25, 0.3) is 0 Å². The number of hydrogen-bond acceptors (Lipinski definition) is 2. The molecule has 3 aromatic carbocycles. The van der Waals surface area contributed by atoms with Crippen molar-refractivity contribution in [3.63, 3.8) is 0 Å². The third-order valence-electron chi connectivity index (χ3n) is 4.40. The minimum atomic E-state index is -3.50. The third-order valence-corrected chi connectivity index (χ3v) is 20.7. The predicted molar refractivity (Wildman–Crippen MR) is 131 cm³/mol. The summed E-state index contributed by atoms with van der Waals surface area (Å²) in [6.45, 7) is -3.50. The van der Waals surface area contributed by atoms with Gasteiger partial charge in [-0.15, -0.1) is 0 Å². The van der Waals surface area contributed by atoms with Gasteiger partial charge in [0.15, 0.2) is 0 Å². The van der Waals surface area contributed by atoms with Gasteiger partial charge in [0, 0.05) is 0 Å². The second kappa shape index (κ2) is 8.74. The maximum absolute atomic E-state index is 12.2. The van der Waals surface area contributed by atoms with Gasteiger partial charge < -0.3 is 0 Å². The molecule has 26 heavy (non-hydrogen) atoms. The topological polar surface area (TPSA) is 32.3 Å². The van der Waals surface area contributed by atoms with Gasteiger partial charge in [-0.05, 0) is 0 Å². The van der Waals surface area contributed by atoms with Crippen molar-refractivity contribution in [1.82, 2.24) is 0 Å². The number of benzene rings is 3. The molecule has 0 heterocycles. The van der Waals surface area contributed by atoms with Crippen LogP contribution in [0.5, 0.6) is 0 Å². The summed E-state index contributed by atoms with van der Waals surface area (Å²) in [5.41, 5.74) is 0. The third kappa shape index (κ3) is 3.28.